The van der Waals surface area contributed by atoms with Crippen molar-refractivity contribution < 1.29 is 4.79 Å². The summed E-state index contributed by atoms with van der Waals surface area (Å²) in [7, 11) is 4.32. The molecule has 0 spiro atoms. The van der Waals surface area contributed by atoms with Gasteiger partial charge in [0.05, 0.1) is 0 Å². The summed E-state index contributed by atoms with van der Waals surface area (Å²) < 4.78 is 0. The second kappa shape index (κ2) is 6.85. The van der Waals surface area contributed by atoms with Crippen molar-refractivity contribution in [2.45, 2.75) is 44.9 Å². The van der Waals surface area contributed by atoms with Crippen molar-refractivity contribution in [2.24, 2.45) is 11.3 Å². The highest BCUT2D eigenvalue weighted by molar-refractivity contribution is 5.60. The van der Waals surface area contributed by atoms with Crippen LogP contribution >= 0.6 is 0 Å². The molecule has 0 aromatic carbocycles. The van der Waals surface area contributed by atoms with E-state index in [2.05, 4.69) is 23.9 Å². The number of rotatable bonds is 5. The van der Waals surface area contributed by atoms with Crippen molar-refractivity contribution in [1.29, 1.82) is 0 Å². The number of carbonyl (C=O) groups is 1. The van der Waals surface area contributed by atoms with E-state index in [0.29, 0.717) is 0 Å². The van der Waals surface area contributed by atoms with Crippen molar-refractivity contribution in [3.63, 3.8) is 0 Å². The first-order chi connectivity index (χ1) is 9.13. The second-order valence-electron chi connectivity index (χ2n) is 7.02. The van der Waals surface area contributed by atoms with E-state index >= 15 is 0 Å². The Bertz CT molecular complexity index is 276. The molecule has 2 fully saturated rings. The predicted octanol–water partition coefficient (Wildman–Crippen LogP) is 2.41. The SMILES string of the molecule is CN(C)CC1CCN(CC2(C=O)CCCCC2)CC1. The van der Waals surface area contributed by atoms with Gasteiger partial charge in [0.15, 0.2) is 0 Å². The molecule has 2 rings (SSSR count). The van der Waals surface area contributed by atoms with Crippen LogP contribution in [-0.2, 0) is 4.79 Å². The molecule has 0 bridgehead atoms. The fourth-order valence-electron chi connectivity index (χ4n) is 3.86. The normalized spacial score (nSPS) is 25.6. The Labute approximate surface area is 118 Å². The van der Waals surface area contributed by atoms with E-state index in [1.165, 1.54) is 58.0 Å². The highest BCUT2D eigenvalue weighted by Gasteiger charge is 2.34. The van der Waals surface area contributed by atoms with Crippen LogP contribution in [0.5, 0.6) is 0 Å². The Morgan fingerprint density at radius 1 is 1.16 bits per heavy atom. The highest BCUT2D eigenvalue weighted by Crippen LogP contribution is 2.36. The maximum atomic E-state index is 11.5. The minimum Gasteiger partial charge on any atom is -0.309 e. The maximum Gasteiger partial charge on any atom is 0.127 e. The summed E-state index contributed by atoms with van der Waals surface area (Å²) >= 11 is 0. The quantitative estimate of drug-likeness (QED) is 0.714. The first-order valence-electron chi connectivity index (χ1n) is 7.97. The fourth-order valence-corrected chi connectivity index (χ4v) is 3.86. The molecule has 1 heterocycles. The number of likely N-dealkylation sites (tertiary alicyclic amines) is 1. The van der Waals surface area contributed by atoms with Gasteiger partial charge in [-0.25, -0.2) is 0 Å². The Morgan fingerprint density at radius 2 is 1.79 bits per heavy atom. The minimum absolute atomic E-state index is 0.00731. The predicted molar refractivity (Wildman–Crippen MR) is 79.3 cm³/mol. The first kappa shape index (κ1) is 15.0. The van der Waals surface area contributed by atoms with Crippen LogP contribution in [0, 0.1) is 11.3 Å². The lowest BCUT2D eigenvalue weighted by Crippen LogP contribution is -2.44. The summed E-state index contributed by atoms with van der Waals surface area (Å²) in [5.41, 5.74) is -0.00731. The summed E-state index contributed by atoms with van der Waals surface area (Å²) in [5.74, 6) is 0.852. The lowest BCUT2D eigenvalue weighted by molar-refractivity contribution is -0.119. The molecule has 1 aliphatic carbocycles. The van der Waals surface area contributed by atoms with Crippen LogP contribution in [0.15, 0.2) is 0 Å². The van der Waals surface area contributed by atoms with Crippen LogP contribution in [0.1, 0.15) is 44.9 Å². The van der Waals surface area contributed by atoms with Crippen LogP contribution in [-0.4, -0.2) is 56.4 Å². The van der Waals surface area contributed by atoms with E-state index in [1.807, 2.05) is 0 Å². The molecule has 0 radical (unpaired) electrons. The zero-order valence-corrected chi connectivity index (χ0v) is 12.7. The number of nitrogens with zero attached hydrogens (tertiary/aromatic N) is 2. The van der Waals surface area contributed by atoms with Crippen LogP contribution in [0.4, 0.5) is 0 Å². The minimum atomic E-state index is -0.00731. The number of hydrogen-bond donors (Lipinski definition) is 0. The lowest BCUT2D eigenvalue weighted by Gasteiger charge is -2.40. The van der Waals surface area contributed by atoms with Gasteiger partial charge in [-0.1, -0.05) is 19.3 Å². The van der Waals surface area contributed by atoms with E-state index in [0.717, 1.165) is 25.3 Å². The van der Waals surface area contributed by atoms with Gasteiger partial charge in [-0.2, -0.15) is 0 Å². The molecular formula is C16H30N2O. The van der Waals surface area contributed by atoms with E-state index in [1.54, 1.807) is 0 Å². The maximum absolute atomic E-state index is 11.5. The number of piperidine rings is 1. The zero-order chi connectivity index (χ0) is 13.7. The van der Waals surface area contributed by atoms with Gasteiger partial charge in [0.2, 0.25) is 0 Å². The van der Waals surface area contributed by atoms with E-state index in [4.69, 9.17) is 0 Å². The van der Waals surface area contributed by atoms with Gasteiger partial charge in [-0.3, -0.25) is 0 Å². The molecule has 1 aliphatic heterocycles. The van der Waals surface area contributed by atoms with Gasteiger partial charge in [-0.15, -0.1) is 0 Å². The summed E-state index contributed by atoms with van der Waals surface area (Å²) in [4.78, 5) is 16.4. The third kappa shape index (κ3) is 4.28. The van der Waals surface area contributed by atoms with Crippen molar-refractivity contribution in [2.75, 3.05) is 40.3 Å². The average molecular weight is 266 g/mol. The van der Waals surface area contributed by atoms with Gasteiger partial charge in [0.1, 0.15) is 6.29 Å². The molecule has 0 unspecified atom stereocenters. The smallest absolute Gasteiger partial charge is 0.127 e. The Morgan fingerprint density at radius 3 is 2.32 bits per heavy atom. The van der Waals surface area contributed by atoms with Crippen molar-refractivity contribution in [3.05, 3.63) is 0 Å². The Hall–Kier alpha value is -0.410. The summed E-state index contributed by atoms with van der Waals surface area (Å²) in [6.45, 7) is 4.61. The molecule has 0 N–H and O–H groups in total. The van der Waals surface area contributed by atoms with Gasteiger partial charge in [0.25, 0.3) is 0 Å². The summed E-state index contributed by atoms with van der Waals surface area (Å²) in [5, 5.41) is 0. The van der Waals surface area contributed by atoms with Crippen LogP contribution in [0.3, 0.4) is 0 Å². The molecule has 3 heteroatoms. The Balaban J connectivity index is 1.79. The van der Waals surface area contributed by atoms with Crippen LogP contribution < -0.4 is 0 Å². The largest absolute Gasteiger partial charge is 0.309 e. The molecule has 1 saturated carbocycles. The lowest BCUT2D eigenvalue weighted by atomic mass is 9.74. The number of carbonyl (C=O) groups excluding carboxylic acids is 1. The van der Waals surface area contributed by atoms with Gasteiger partial charge >= 0.3 is 0 Å². The fraction of sp³-hybridized carbons (Fsp3) is 0.938. The highest BCUT2D eigenvalue weighted by atomic mass is 16.1. The molecule has 110 valence electrons. The molecule has 0 aromatic rings. The summed E-state index contributed by atoms with van der Waals surface area (Å²) in [6.07, 6.45) is 9.92. The van der Waals surface area contributed by atoms with E-state index in [9.17, 15) is 4.79 Å². The Kier molecular flexibility index (Phi) is 5.40. The monoisotopic (exact) mass is 266 g/mol. The summed E-state index contributed by atoms with van der Waals surface area (Å²) in [6, 6.07) is 0. The second-order valence-corrected chi connectivity index (χ2v) is 7.02. The molecule has 2 aliphatic rings. The molecule has 0 atom stereocenters. The number of hydrogen-bond acceptors (Lipinski definition) is 3. The van der Waals surface area contributed by atoms with Crippen molar-refractivity contribution >= 4 is 6.29 Å². The average Bonchev–Trinajstić information content (AvgIpc) is 2.41. The van der Waals surface area contributed by atoms with Crippen LogP contribution in [0.25, 0.3) is 0 Å². The molecule has 3 nitrogen and oxygen atoms in total. The third-order valence-corrected chi connectivity index (χ3v) is 4.97. The molecule has 0 amide bonds. The van der Waals surface area contributed by atoms with Crippen LogP contribution in [0.2, 0.25) is 0 Å². The molecule has 1 saturated heterocycles. The molecule has 0 aromatic heterocycles. The van der Waals surface area contributed by atoms with E-state index < -0.39 is 0 Å². The van der Waals surface area contributed by atoms with Crippen molar-refractivity contribution in [1.82, 2.24) is 9.80 Å². The molecule has 19 heavy (non-hydrogen) atoms. The standard InChI is InChI=1S/C16H30N2O/c1-17(2)12-15-6-10-18(11-7-15)13-16(14-19)8-4-3-5-9-16/h14-15H,3-13H2,1-2H3. The van der Waals surface area contributed by atoms with Crippen molar-refractivity contribution in [3.8, 4) is 0 Å². The number of aldehydes is 1. The first-order valence-corrected chi connectivity index (χ1v) is 7.97. The van der Waals surface area contributed by atoms with Gasteiger partial charge in [-0.05, 0) is 58.8 Å². The van der Waals surface area contributed by atoms with Gasteiger partial charge in [0, 0.05) is 18.5 Å². The zero-order valence-electron chi connectivity index (χ0n) is 12.7. The van der Waals surface area contributed by atoms with E-state index in [-0.39, 0.29) is 5.41 Å². The van der Waals surface area contributed by atoms with Gasteiger partial charge < -0.3 is 14.6 Å². The molecular weight excluding hydrogens is 236 g/mol. The topological polar surface area (TPSA) is 23.6 Å². The third-order valence-electron chi connectivity index (χ3n) is 4.97.